The zero-order valence-electron chi connectivity index (χ0n) is 12.6. The molecule has 1 saturated carbocycles. The van der Waals surface area contributed by atoms with Gasteiger partial charge in [-0.15, -0.1) is 0 Å². The standard InChI is InChI=1S/C14H23N3O3/c1-13(2)11(7-14(13,3)19-4)16-12(18)17-5-6-20-10(8-15)9-17/h10-11H,5-7,9H2,1-4H3,(H,16,18). The predicted molar refractivity (Wildman–Crippen MR) is 73.1 cm³/mol. The average molecular weight is 281 g/mol. The van der Waals surface area contributed by atoms with E-state index in [1.807, 2.05) is 6.07 Å². The number of nitrogens with one attached hydrogen (secondary N) is 1. The molecule has 1 saturated heterocycles. The number of hydrogen-bond acceptors (Lipinski definition) is 4. The van der Waals surface area contributed by atoms with E-state index in [0.29, 0.717) is 19.7 Å². The maximum Gasteiger partial charge on any atom is 0.317 e. The number of amides is 2. The Morgan fingerprint density at radius 3 is 2.75 bits per heavy atom. The van der Waals surface area contributed by atoms with E-state index in [9.17, 15) is 4.79 Å². The van der Waals surface area contributed by atoms with Crippen LogP contribution in [0.1, 0.15) is 27.2 Å². The molecule has 0 aromatic carbocycles. The van der Waals surface area contributed by atoms with E-state index in [0.717, 1.165) is 6.42 Å². The first-order valence-electron chi connectivity index (χ1n) is 6.96. The molecule has 1 heterocycles. The molecular weight excluding hydrogens is 258 g/mol. The maximum absolute atomic E-state index is 12.3. The fourth-order valence-corrected chi connectivity index (χ4v) is 2.88. The normalized spacial score (nSPS) is 35.9. The second kappa shape index (κ2) is 5.23. The lowest BCUT2D eigenvalue weighted by Crippen LogP contribution is -2.69. The van der Waals surface area contributed by atoms with E-state index < -0.39 is 6.10 Å². The summed E-state index contributed by atoms with van der Waals surface area (Å²) in [4.78, 5) is 13.9. The highest BCUT2D eigenvalue weighted by atomic mass is 16.5. The zero-order chi connectivity index (χ0) is 15.0. The number of nitrogens with zero attached hydrogens (tertiary/aromatic N) is 2. The van der Waals surface area contributed by atoms with Crippen molar-refractivity contribution in [1.29, 1.82) is 5.26 Å². The Morgan fingerprint density at radius 2 is 2.20 bits per heavy atom. The van der Waals surface area contributed by atoms with Crippen LogP contribution in [-0.2, 0) is 9.47 Å². The molecule has 3 unspecified atom stereocenters. The Kier molecular flexibility index (Phi) is 3.94. The van der Waals surface area contributed by atoms with Crippen molar-refractivity contribution < 1.29 is 14.3 Å². The van der Waals surface area contributed by atoms with Gasteiger partial charge in [-0.25, -0.2) is 4.79 Å². The lowest BCUT2D eigenvalue weighted by molar-refractivity contribution is -0.178. The Balaban J connectivity index is 1.92. The number of ether oxygens (including phenoxy) is 2. The molecule has 2 amide bonds. The Morgan fingerprint density at radius 1 is 1.50 bits per heavy atom. The first-order chi connectivity index (χ1) is 9.34. The maximum atomic E-state index is 12.3. The minimum absolute atomic E-state index is 0.0864. The van der Waals surface area contributed by atoms with E-state index in [1.165, 1.54) is 0 Å². The van der Waals surface area contributed by atoms with Gasteiger partial charge in [0.05, 0.1) is 24.8 Å². The molecule has 0 spiro atoms. The number of carbonyl (C=O) groups excluding carboxylic acids is 1. The number of morpholine rings is 1. The topological polar surface area (TPSA) is 74.6 Å². The number of nitriles is 1. The fourth-order valence-electron chi connectivity index (χ4n) is 2.88. The minimum atomic E-state index is -0.520. The molecule has 112 valence electrons. The third-order valence-corrected chi connectivity index (χ3v) is 5.07. The molecule has 0 bridgehead atoms. The third kappa shape index (κ3) is 2.36. The Labute approximate surface area is 120 Å². The van der Waals surface area contributed by atoms with Crippen molar-refractivity contribution in [3.63, 3.8) is 0 Å². The molecule has 2 rings (SSSR count). The molecule has 6 heteroatoms. The van der Waals surface area contributed by atoms with E-state index in [-0.39, 0.29) is 23.1 Å². The molecule has 1 N–H and O–H groups in total. The molecule has 2 aliphatic rings. The zero-order valence-corrected chi connectivity index (χ0v) is 12.6. The lowest BCUT2D eigenvalue weighted by Gasteiger charge is -2.59. The van der Waals surface area contributed by atoms with E-state index >= 15 is 0 Å². The van der Waals surface area contributed by atoms with E-state index in [4.69, 9.17) is 14.7 Å². The van der Waals surface area contributed by atoms with Crippen molar-refractivity contribution in [1.82, 2.24) is 10.2 Å². The molecule has 0 radical (unpaired) electrons. The van der Waals surface area contributed by atoms with Crippen LogP contribution in [0.3, 0.4) is 0 Å². The molecule has 2 fully saturated rings. The van der Waals surface area contributed by atoms with Gasteiger partial charge in [0, 0.05) is 25.1 Å². The summed E-state index contributed by atoms with van der Waals surface area (Å²) in [6, 6.07) is 2.01. The smallest absolute Gasteiger partial charge is 0.317 e. The van der Waals surface area contributed by atoms with Crippen LogP contribution in [0.25, 0.3) is 0 Å². The molecule has 3 atom stereocenters. The number of carbonyl (C=O) groups is 1. The molecule has 6 nitrogen and oxygen atoms in total. The number of rotatable bonds is 2. The summed E-state index contributed by atoms with van der Waals surface area (Å²) in [5.74, 6) is 0. The molecular formula is C14H23N3O3. The van der Waals surface area contributed by atoms with E-state index in [2.05, 4.69) is 26.1 Å². The number of methoxy groups -OCH3 is 1. The van der Waals surface area contributed by atoms with Gasteiger partial charge in [-0.05, 0) is 13.3 Å². The van der Waals surface area contributed by atoms with Gasteiger partial charge in [0.25, 0.3) is 0 Å². The van der Waals surface area contributed by atoms with Crippen molar-refractivity contribution in [2.24, 2.45) is 5.41 Å². The highest BCUT2D eigenvalue weighted by Gasteiger charge is 2.58. The van der Waals surface area contributed by atoms with Crippen LogP contribution in [0, 0.1) is 16.7 Å². The second-order valence-corrected chi connectivity index (χ2v) is 6.30. The first kappa shape index (κ1) is 15.1. The SMILES string of the molecule is COC1(C)CC(NC(=O)N2CCOC(C#N)C2)C1(C)C. The Hall–Kier alpha value is -1.32. The van der Waals surface area contributed by atoms with Gasteiger partial charge in [-0.2, -0.15) is 5.26 Å². The van der Waals surface area contributed by atoms with Gasteiger partial charge in [-0.1, -0.05) is 13.8 Å². The van der Waals surface area contributed by atoms with Crippen molar-refractivity contribution in [3.8, 4) is 6.07 Å². The average Bonchev–Trinajstić information content (AvgIpc) is 2.46. The van der Waals surface area contributed by atoms with Gasteiger partial charge in [0.2, 0.25) is 0 Å². The molecule has 0 aromatic rings. The quantitative estimate of drug-likeness (QED) is 0.823. The lowest BCUT2D eigenvalue weighted by atomic mass is 9.56. The molecule has 1 aliphatic carbocycles. The van der Waals surface area contributed by atoms with Crippen LogP contribution in [0.5, 0.6) is 0 Å². The highest BCUT2D eigenvalue weighted by molar-refractivity contribution is 5.75. The van der Waals surface area contributed by atoms with Crippen LogP contribution >= 0.6 is 0 Å². The van der Waals surface area contributed by atoms with Crippen LogP contribution in [0.15, 0.2) is 0 Å². The Bertz CT molecular complexity index is 432. The van der Waals surface area contributed by atoms with Gasteiger partial charge < -0.3 is 19.7 Å². The summed E-state index contributed by atoms with van der Waals surface area (Å²) < 4.78 is 10.8. The summed E-state index contributed by atoms with van der Waals surface area (Å²) in [5.41, 5.74) is -0.316. The monoisotopic (exact) mass is 281 g/mol. The number of hydrogen-bond donors (Lipinski definition) is 1. The molecule has 1 aliphatic heterocycles. The fraction of sp³-hybridized carbons (Fsp3) is 0.857. The number of urea groups is 1. The van der Waals surface area contributed by atoms with Crippen LogP contribution in [0.2, 0.25) is 0 Å². The highest BCUT2D eigenvalue weighted by Crippen LogP contribution is 2.51. The molecule has 0 aromatic heterocycles. The summed E-state index contributed by atoms with van der Waals surface area (Å²) in [7, 11) is 1.71. The van der Waals surface area contributed by atoms with Crippen LogP contribution in [0.4, 0.5) is 4.79 Å². The van der Waals surface area contributed by atoms with Crippen LogP contribution < -0.4 is 5.32 Å². The van der Waals surface area contributed by atoms with Crippen molar-refractivity contribution in [3.05, 3.63) is 0 Å². The van der Waals surface area contributed by atoms with Gasteiger partial charge >= 0.3 is 6.03 Å². The summed E-state index contributed by atoms with van der Waals surface area (Å²) in [6.45, 7) is 7.53. The predicted octanol–water partition coefficient (Wildman–Crippen LogP) is 1.12. The molecule has 20 heavy (non-hydrogen) atoms. The van der Waals surface area contributed by atoms with Crippen LogP contribution in [-0.4, -0.2) is 55.5 Å². The first-order valence-corrected chi connectivity index (χ1v) is 6.96. The van der Waals surface area contributed by atoms with E-state index in [1.54, 1.807) is 12.0 Å². The summed E-state index contributed by atoms with van der Waals surface area (Å²) in [5, 5.41) is 11.9. The van der Waals surface area contributed by atoms with Gasteiger partial charge in [0.15, 0.2) is 6.10 Å². The summed E-state index contributed by atoms with van der Waals surface area (Å²) >= 11 is 0. The van der Waals surface area contributed by atoms with Gasteiger partial charge in [-0.3, -0.25) is 0 Å². The van der Waals surface area contributed by atoms with Crippen molar-refractivity contribution in [2.45, 2.75) is 44.9 Å². The van der Waals surface area contributed by atoms with Crippen molar-refractivity contribution in [2.75, 3.05) is 26.8 Å². The largest absolute Gasteiger partial charge is 0.378 e. The third-order valence-electron chi connectivity index (χ3n) is 5.07. The van der Waals surface area contributed by atoms with Gasteiger partial charge in [0.1, 0.15) is 0 Å². The minimum Gasteiger partial charge on any atom is -0.378 e. The van der Waals surface area contributed by atoms with Crippen molar-refractivity contribution >= 4 is 6.03 Å². The second-order valence-electron chi connectivity index (χ2n) is 6.30. The summed E-state index contributed by atoms with van der Waals surface area (Å²) in [6.07, 6.45) is 0.280.